The van der Waals surface area contributed by atoms with Crippen LogP contribution in [0.15, 0.2) is 24.3 Å². The second kappa shape index (κ2) is 4.51. The molecule has 3 heterocycles. The van der Waals surface area contributed by atoms with Gasteiger partial charge in [-0.25, -0.2) is 4.98 Å². The van der Waals surface area contributed by atoms with Crippen LogP contribution < -0.4 is 5.32 Å². The Hall–Kier alpha value is -1.59. The van der Waals surface area contributed by atoms with E-state index in [-0.39, 0.29) is 0 Å². The predicted molar refractivity (Wildman–Crippen MR) is 73.9 cm³/mol. The quantitative estimate of drug-likeness (QED) is 0.893. The normalized spacial score (nSPS) is 23.5. The van der Waals surface area contributed by atoms with Crippen LogP contribution in [-0.4, -0.2) is 40.4 Å². The lowest BCUT2D eigenvalue weighted by molar-refractivity contribution is 0.0631. The zero-order chi connectivity index (χ0) is 12.7. The van der Waals surface area contributed by atoms with Gasteiger partial charge in [-0.05, 0) is 25.0 Å². The molecule has 19 heavy (non-hydrogen) atoms. The first-order valence-electron chi connectivity index (χ1n) is 6.93. The molecule has 2 aromatic rings. The van der Waals surface area contributed by atoms with Gasteiger partial charge in [-0.15, -0.1) is 0 Å². The van der Waals surface area contributed by atoms with Gasteiger partial charge in [-0.1, -0.05) is 12.1 Å². The summed E-state index contributed by atoms with van der Waals surface area (Å²) < 4.78 is 7.96. The SMILES string of the molecule is c1ccc2c(c1)nc1n2CN(CC2CCCO2)CN1. The Labute approximate surface area is 112 Å². The highest BCUT2D eigenvalue weighted by Gasteiger charge is 2.23. The summed E-state index contributed by atoms with van der Waals surface area (Å²) in [6.07, 6.45) is 2.79. The average molecular weight is 258 g/mol. The van der Waals surface area contributed by atoms with Crippen LogP contribution in [0.1, 0.15) is 12.8 Å². The molecule has 1 N–H and O–H groups in total. The number of para-hydroxylation sites is 2. The molecule has 1 atom stereocenters. The summed E-state index contributed by atoms with van der Waals surface area (Å²) in [6, 6.07) is 8.29. The fourth-order valence-corrected chi connectivity index (χ4v) is 2.98. The van der Waals surface area contributed by atoms with Crippen molar-refractivity contribution in [2.75, 3.05) is 25.1 Å². The van der Waals surface area contributed by atoms with Crippen LogP contribution in [0.4, 0.5) is 5.95 Å². The molecule has 1 aromatic heterocycles. The number of imidazole rings is 1. The summed E-state index contributed by atoms with van der Waals surface area (Å²) >= 11 is 0. The number of benzene rings is 1. The highest BCUT2D eigenvalue weighted by atomic mass is 16.5. The van der Waals surface area contributed by atoms with E-state index in [1.807, 2.05) is 6.07 Å². The molecule has 100 valence electrons. The van der Waals surface area contributed by atoms with Crippen molar-refractivity contribution in [1.82, 2.24) is 14.5 Å². The van der Waals surface area contributed by atoms with Crippen molar-refractivity contribution in [2.45, 2.75) is 25.6 Å². The van der Waals surface area contributed by atoms with E-state index in [0.29, 0.717) is 6.10 Å². The number of hydrogen-bond donors (Lipinski definition) is 1. The first kappa shape index (κ1) is 11.3. The summed E-state index contributed by atoms with van der Waals surface area (Å²) in [5.74, 6) is 0.977. The molecule has 1 saturated heterocycles. The number of anilines is 1. The van der Waals surface area contributed by atoms with Crippen LogP contribution >= 0.6 is 0 Å². The highest BCUT2D eigenvalue weighted by Crippen LogP contribution is 2.23. The summed E-state index contributed by atoms with van der Waals surface area (Å²) in [7, 11) is 0. The van der Waals surface area contributed by atoms with Gasteiger partial charge in [0.1, 0.15) is 0 Å². The molecular formula is C14H18N4O. The number of rotatable bonds is 2. The van der Waals surface area contributed by atoms with E-state index < -0.39 is 0 Å². The molecule has 5 nitrogen and oxygen atoms in total. The number of nitrogens with zero attached hydrogens (tertiary/aromatic N) is 3. The molecule has 0 saturated carbocycles. The van der Waals surface area contributed by atoms with Crippen molar-refractivity contribution in [2.24, 2.45) is 0 Å². The van der Waals surface area contributed by atoms with Crippen molar-refractivity contribution in [3.8, 4) is 0 Å². The fourth-order valence-electron chi connectivity index (χ4n) is 2.98. The minimum Gasteiger partial charge on any atom is -0.377 e. The van der Waals surface area contributed by atoms with Crippen molar-refractivity contribution in [1.29, 1.82) is 0 Å². The van der Waals surface area contributed by atoms with E-state index in [9.17, 15) is 0 Å². The molecule has 1 aromatic carbocycles. The van der Waals surface area contributed by atoms with Gasteiger partial charge in [0.15, 0.2) is 0 Å². The van der Waals surface area contributed by atoms with Crippen molar-refractivity contribution < 1.29 is 4.74 Å². The molecule has 0 aliphatic carbocycles. The van der Waals surface area contributed by atoms with Crippen LogP contribution in [-0.2, 0) is 11.4 Å². The molecule has 0 bridgehead atoms. The average Bonchev–Trinajstić information content (AvgIpc) is 3.06. The molecule has 0 spiro atoms. The maximum absolute atomic E-state index is 5.72. The molecule has 2 aliphatic rings. The zero-order valence-corrected chi connectivity index (χ0v) is 10.9. The van der Waals surface area contributed by atoms with Gasteiger partial charge < -0.3 is 10.1 Å². The van der Waals surface area contributed by atoms with Crippen LogP contribution in [0.3, 0.4) is 0 Å². The molecular weight excluding hydrogens is 240 g/mol. The number of fused-ring (bicyclic) bond motifs is 3. The maximum Gasteiger partial charge on any atom is 0.206 e. The third-order valence-corrected chi connectivity index (χ3v) is 3.94. The maximum atomic E-state index is 5.72. The van der Waals surface area contributed by atoms with Gasteiger partial charge in [0, 0.05) is 13.2 Å². The lowest BCUT2D eigenvalue weighted by Crippen LogP contribution is -2.41. The van der Waals surface area contributed by atoms with E-state index in [0.717, 1.165) is 38.0 Å². The van der Waals surface area contributed by atoms with E-state index in [1.54, 1.807) is 0 Å². The zero-order valence-electron chi connectivity index (χ0n) is 10.9. The summed E-state index contributed by atoms with van der Waals surface area (Å²) in [5, 5.41) is 3.40. The van der Waals surface area contributed by atoms with Crippen LogP contribution in [0, 0.1) is 0 Å². The van der Waals surface area contributed by atoms with E-state index in [2.05, 4.69) is 38.0 Å². The van der Waals surface area contributed by atoms with Gasteiger partial charge in [0.2, 0.25) is 5.95 Å². The Morgan fingerprint density at radius 1 is 1.37 bits per heavy atom. The Morgan fingerprint density at radius 2 is 2.32 bits per heavy atom. The van der Waals surface area contributed by atoms with Crippen molar-refractivity contribution in [3.63, 3.8) is 0 Å². The van der Waals surface area contributed by atoms with Gasteiger partial charge in [0.05, 0.1) is 30.5 Å². The predicted octanol–water partition coefficient (Wildman–Crippen LogP) is 1.86. The van der Waals surface area contributed by atoms with Gasteiger partial charge in [-0.3, -0.25) is 9.47 Å². The van der Waals surface area contributed by atoms with E-state index in [4.69, 9.17) is 4.74 Å². The standard InChI is InChI=1S/C14H18N4O/c1-2-6-13-12(5-1)16-14-15-9-17(10-18(13)14)8-11-4-3-7-19-11/h1-2,5-6,11H,3-4,7-10H2,(H,15,16). The first-order valence-corrected chi connectivity index (χ1v) is 6.93. The first-order chi connectivity index (χ1) is 9.40. The Morgan fingerprint density at radius 3 is 3.21 bits per heavy atom. The van der Waals surface area contributed by atoms with Gasteiger partial charge in [0.25, 0.3) is 0 Å². The summed E-state index contributed by atoms with van der Waals surface area (Å²) in [5.41, 5.74) is 2.26. The Balaban J connectivity index is 1.58. The molecule has 0 amide bonds. The number of hydrogen-bond acceptors (Lipinski definition) is 4. The summed E-state index contributed by atoms with van der Waals surface area (Å²) in [6.45, 7) is 3.66. The molecule has 0 radical (unpaired) electrons. The van der Waals surface area contributed by atoms with E-state index >= 15 is 0 Å². The second-order valence-electron chi connectivity index (χ2n) is 5.32. The molecule has 1 unspecified atom stereocenters. The topological polar surface area (TPSA) is 42.3 Å². The Kier molecular flexibility index (Phi) is 2.67. The third-order valence-electron chi connectivity index (χ3n) is 3.94. The van der Waals surface area contributed by atoms with E-state index in [1.165, 1.54) is 18.4 Å². The molecule has 5 heteroatoms. The monoisotopic (exact) mass is 258 g/mol. The lowest BCUT2D eigenvalue weighted by atomic mass is 10.2. The van der Waals surface area contributed by atoms with Gasteiger partial charge in [-0.2, -0.15) is 0 Å². The largest absolute Gasteiger partial charge is 0.377 e. The minimum atomic E-state index is 0.401. The lowest BCUT2D eigenvalue weighted by Gasteiger charge is -2.30. The number of ether oxygens (including phenoxy) is 1. The van der Waals surface area contributed by atoms with Crippen molar-refractivity contribution >= 4 is 17.0 Å². The molecule has 1 fully saturated rings. The third kappa shape index (κ3) is 1.99. The van der Waals surface area contributed by atoms with Gasteiger partial charge >= 0.3 is 0 Å². The van der Waals surface area contributed by atoms with Crippen LogP contribution in [0.2, 0.25) is 0 Å². The fraction of sp³-hybridized carbons (Fsp3) is 0.500. The van der Waals surface area contributed by atoms with Crippen LogP contribution in [0.5, 0.6) is 0 Å². The van der Waals surface area contributed by atoms with Crippen LogP contribution in [0.25, 0.3) is 11.0 Å². The number of nitrogens with one attached hydrogen (secondary N) is 1. The summed E-state index contributed by atoms with van der Waals surface area (Å²) in [4.78, 5) is 7.00. The number of aromatic nitrogens is 2. The Bertz CT molecular complexity index is 588. The molecule has 2 aliphatic heterocycles. The molecule has 4 rings (SSSR count). The minimum absolute atomic E-state index is 0.401. The second-order valence-corrected chi connectivity index (χ2v) is 5.32. The smallest absolute Gasteiger partial charge is 0.206 e. The highest BCUT2D eigenvalue weighted by molar-refractivity contribution is 5.78. The van der Waals surface area contributed by atoms with Crippen molar-refractivity contribution in [3.05, 3.63) is 24.3 Å².